The Kier molecular flexibility index (Phi) is 4.18. The molecule has 0 bridgehead atoms. The number of aliphatic hydroxyl groups is 2. The van der Waals surface area contributed by atoms with E-state index in [2.05, 4.69) is 13.8 Å². The Hall–Kier alpha value is -1.28. The Morgan fingerprint density at radius 3 is 2.57 bits per heavy atom. The molecule has 0 amide bonds. The van der Waals surface area contributed by atoms with Crippen molar-refractivity contribution in [2.75, 3.05) is 0 Å². The first-order valence-corrected chi connectivity index (χ1v) is 13.5. The fraction of sp³-hybridized carbons (Fsp3) is 0.857. The van der Waals surface area contributed by atoms with Crippen LogP contribution in [0.4, 0.5) is 0 Å². The highest BCUT2D eigenvalue weighted by molar-refractivity contribution is 5.97. The van der Waals surface area contributed by atoms with E-state index >= 15 is 0 Å². The lowest BCUT2D eigenvalue weighted by molar-refractivity contribution is -0.202. The Labute approximate surface area is 206 Å². The summed E-state index contributed by atoms with van der Waals surface area (Å²) in [7, 11) is 0. The van der Waals surface area contributed by atoms with E-state index in [0.29, 0.717) is 19.3 Å². The van der Waals surface area contributed by atoms with Gasteiger partial charge in [-0.25, -0.2) is 4.79 Å². The van der Waals surface area contributed by atoms with Crippen LogP contribution in [0.3, 0.4) is 0 Å². The third-order valence-corrected chi connectivity index (χ3v) is 12.6. The van der Waals surface area contributed by atoms with Crippen molar-refractivity contribution in [2.45, 2.75) is 108 Å². The molecule has 3 saturated heterocycles. The van der Waals surface area contributed by atoms with Crippen molar-refractivity contribution in [3.05, 3.63) is 12.2 Å². The zero-order valence-corrected chi connectivity index (χ0v) is 21.3. The molecule has 0 aromatic rings. The number of fused-ring (bicyclic) bond motifs is 9. The second kappa shape index (κ2) is 6.40. The van der Waals surface area contributed by atoms with Gasteiger partial charge in [0.05, 0.1) is 17.6 Å². The van der Waals surface area contributed by atoms with E-state index in [1.807, 2.05) is 20.8 Å². The first-order valence-electron chi connectivity index (χ1n) is 13.5. The van der Waals surface area contributed by atoms with E-state index in [0.717, 1.165) is 12.8 Å². The predicted octanol–water partition coefficient (Wildman–Crippen LogP) is 2.56. The molecule has 3 saturated carbocycles. The third kappa shape index (κ3) is 2.39. The monoisotopic (exact) mass is 486 g/mol. The summed E-state index contributed by atoms with van der Waals surface area (Å²) < 4.78 is 18.0. The van der Waals surface area contributed by atoms with E-state index < -0.39 is 28.3 Å². The van der Waals surface area contributed by atoms with Gasteiger partial charge in [0.2, 0.25) is 0 Å². The number of cyclic esters (lactones) is 1. The molecule has 192 valence electrons. The number of carbonyl (C=O) groups excluding carboxylic acids is 2. The van der Waals surface area contributed by atoms with Crippen LogP contribution < -0.4 is 0 Å². The molecule has 0 spiro atoms. The van der Waals surface area contributed by atoms with E-state index in [-0.39, 0.29) is 65.1 Å². The van der Waals surface area contributed by atoms with Crippen molar-refractivity contribution < 1.29 is 34.0 Å². The number of esters is 1. The summed E-state index contributed by atoms with van der Waals surface area (Å²) in [6.45, 7) is 10.1. The van der Waals surface area contributed by atoms with Gasteiger partial charge in [-0.3, -0.25) is 4.79 Å². The summed E-state index contributed by atoms with van der Waals surface area (Å²) in [4.78, 5) is 26.0. The van der Waals surface area contributed by atoms with E-state index in [4.69, 9.17) is 14.2 Å². The lowest BCUT2D eigenvalue weighted by Gasteiger charge is -2.61. The minimum Gasteiger partial charge on any atom is -0.460 e. The molecule has 7 nitrogen and oxygen atoms in total. The maximum atomic E-state index is 13.3. The lowest BCUT2D eigenvalue weighted by atomic mass is 9.43. The van der Waals surface area contributed by atoms with E-state index in [1.54, 1.807) is 12.2 Å². The average Bonchev–Trinajstić information content (AvgIpc) is 3.66. The predicted molar refractivity (Wildman–Crippen MR) is 124 cm³/mol. The molecule has 2 N–H and O–H groups in total. The topological polar surface area (TPSA) is 109 Å². The molecule has 0 aromatic heterocycles. The van der Waals surface area contributed by atoms with Gasteiger partial charge in [-0.05, 0) is 87.5 Å². The summed E-state index contributed by atoms with van der Waals surface area (Å²) in [5.41, 5.74) is -3.81. The molecule has 0 aromatic carbocycles. The van der Waals surface area contributed by atoms with Crippen molar-refractivity contribution in [1.29, 1.82) is 0 Å². The van der Waals surface area contributed by atoms with Crippen molar-refractivity contribution in [1.82, 2.24) is 0 Å². The first kappa shape index (κ1) is 22.9. The molecular formula is C28H38O7. The lowest BCUT2D eigenvalue weighted by Crippen LogP contribution is -2.69. The van der Waals surface area contributed by atoms with Crippen LogP contribution in [0.1, 0.15) is 66.7 Å². The van der Waals surface area contributed by atoms with Gasteiger partial charge in [0, 0.05) is 6.42 Å². The minimum atomic E-state index is -1.20. The Morgan fingerprint density at radius 1 is 1.11 bits per heavy atom. The summed E-state index contributed by atoms with van der Waals surface area (Å²) in [6.07, 6.45) is 5.65. The fourth-order valence-electron chi connectivity index (χ4n) is 10.0. The summed E-state index contributed by atoms with van der Waals surface area (Å²) in [5.74, 6) is 0.151. The maximum absolute atomic E-state index is 13.3. The molecule has 35 heavy (non-hydrogen) atoms. The zero-order valence-electron chi connectivity index (χ0n) is 21.3. The Balaban J connectivity index is 1.21. The molecule has 7 aliphatic rings. The van der Waals surface area contributed by atoms with Gasteiger partial charge >= 0.3 is 5.97 Å². The quantitative estimate of drug-likeness (QED) is 0.456. The summed E-state index contributed by atoms with van der Waals surface area (Å²) in [5, 5.41) is 23.5. The second-order valence-corrected chi connectivity index (χ2v) is 13.6. The highest BCUT2D eigenvalue weighted by Crippen LogP contribution is 2.72. The number of aliphatic hydroxyl groups excluding tert-OH is 1. The van der Waals surface area contributed by atoms with Crippen LogP contribution in [0.2, 0.25) is 0 Å². The fourth-order valence-corrected chi connectivity index (χ4v) is 10.0. The van der Waals surface area contributed by atoms with Crippen LogP contribution in [0, 0.1) is 40.4 Å². The first-order chi connectivity index (χ1) is 16.3. The molecule has 4 aliphatic carbocycles. The number of ketones is 1. The zero-order chi connectivity index (χ0) is 24.9. The number of hydrogen-bond acceptors (Lipinski definition) is 7. The molecule has 3 aliphatic heterocycles. The van der Waals surface area contributed by atoms with Crippen LogP contribution in [-0.2, 0) is 23.8 Å². The maximum Gasteiger partial charge on any atom is 0.341 e. The second-order valence-electron chi connectivity index (χ2n) is 13.6. The van der Waals surface area contributed by atoms with E-state index in [1.165, 1.54) is 0 Å². The molecule has 6 fully saturated rings. The van der Waals surface area contributed by atoms with Gasteiger partial charge in [0.15, 0.2) is 11.4 Å². The van der Waals surface area contributed by atoms with Gasteiger partial charge < -0.3 is 24.4 Å². The highest BCUT2D eigenvalue weighted by atomic mass is 16.7. The molecule has 14 atom stereocenters. The van der Waals surface area contributed by atoms with Gasteiger partial charge in [-0.1, -0.05) is 19.9 Å². The largest absolute Gasteiger partial charge is 0.460 e. The number of epoxide rings is 2. The summed E-state index contributed by atoms with van der Waals surface area (Å²) in [6, 6.07) is 0. The van der Waals surface area contributed by atoms with Crippen molar-refractivity contribution in [3.63, 3.8) is 0 Å². The average molecular weight is 487 g/mol. The smallest absolute Gasteiger partial charge is 0.341 e. The van der Waals surface area contributed by atoms with Crippen LogP contribution in [0.5, 0.6) is 0 Å². The molecule has 3 heterocycles. The SMILES string of the molecule is C[C@@H]([C@H]1CC[C@H]2[C@@H]3[C@@H]4O[C@@H]4[C@@]4(O)CC=CC(=O)[C@]4(C)[C@@H]3C[C@H](O)[C@]12C)[C@H]1C[C@]2(C)O[C@]2(C)C(=O)O1. The normalized spacial score (nSPS) is 62.6. The highest BCUT2D eigenvalue weighted by Gasteiger charge is 2.79. The number of carbonyl (C=O) groups is 2. The number of rotatable bonds is 2. The van der Waals surface area contributed by atoms with Crippen molar-refractivity contribution in [3.8, 4) is 0 Å². The molecular weight excluding hydrogens is 448 g/mol. The van der Waals surface area contributed by atoms with Crippen LogP contribution in [0.25, 0.3) is 0 Å². The van der Waals surface area contributed by atoms with Crippen molar-refractivity contribution >= 4 is 11.8 Å². The summed E-state index contributed by atoms with van der Waals surface area (Å²) >= 11 is 0. The molecule has 7 rings (SSSR count). The Morgan fingerprint density at radius 2 is 1.86 bits per heavy atom. The van der Waals surface area contributed by atoms with Gasteiger partial charge in [0.1, 0.15) is 23.4 Å². The molecule has 7 heteroatoms. The number of ether oxygens (including phenoxy) is 3. The molecule has 0 unspecified atom stereocenters. The van der Waals surface area contributed by atoms with Crippen LogP contribution >= 0.6 is 0 Å². The molecule has 0 radical (unpaired) electrons. The number of allylic oxidation sites excluding steroid dienone is 1. The van der Waals surface area contributed by atoms with E-state index in [9.17, 15) is 19.8 Å². The van der Waals surface area contributed by atoms with Crippen molar-refractivity contribution in [2.24, 2.45) is 40.4 Å². The van der Waals surface area contributed by atoms with Crippen LogP contribution in [0.15, 0.2) is 12.2 Å². The van der Waals surface area contributed by atoms with Gasteiger partial charge in [0.25, 0.3) is 0 Å². The van der Waals surface area contributed by atoms with Gasteiger partial charge in [-0.15, -0.1) is 0 Å². The van der Waals surface area contributed by atoms with Crippen LogP contribution in [-0.4, -0.2) is 63.2 Å². The minimum absolute atomic E-state index is 0.0382. The van der Waals surface area contributed by atoms with Gasteiger partial charge in [-0.2, -0.15) is 0 Å². The number of hydrogen-bond donors (Lipinski definition) is 2. The Bertz CT molecular complexity index is 1060. The standard InChI is InChI=1S/C28H38O7/c1-13(17-12-24(2)27(5,35-24)23(31)33-17)14-8-9-15-20-16(11-19(30)25(14,15)3)26(4)18(29)7-6-10-28(26,32)22-21(20)34-22/h6-7,13-17,19-22,30,32H,8-12H2,1-5H3/t13-,14+,15-,16+,17+,19-,20-,21-,22-,24-,25+,26-,27+,28-/m0/s1. The third-order valence-electron chi connectivity index (χ3n) is 12.6.